The smallest absolute Gasteiger partial charge is 0.0703 e. The molecule has 4 heteroatoms. The maximum absolute atomic E-state index is 4.71. The molecule has 2 aliphatic rings. The molecule has 0 radical (unpaired) electrons. The van der Waals surface area contributed by atoms with Crippen LogP contribution < -0.4 is 4.90 Å². The minimum atomic E-state index is 0.686. The highest BCUT2D eigenvalue weighted by atomic mass is 15.2. The molecular formula is C20H20N4. The van der Waals surface area contributed by atoms with Crippen LogP contribution in [0.2, 0.25) is 0 Å². The van der Waals surface area contributed by atoms with E-state index in [1.165, 1.54) is 11.1 Å². The zero-order valence-corrected chi connectivity index (χ0v) is 13.7. The predicted molar refractivity (Wildman–Crippen MR) is 97.9 cm³/mol. The van der Waals surface area contributed by atoms with Crippen LogP contribution in [0.15, 0.2) is 60.6 Å². The Bertz CT molecular complexity index is 922. The summed E-state index contributed by atoms with van der Waals surface area (Å²) in [5.41, 5.74) is 6.13. The fourth-order valence-corrected chi connectivity index (χ4v) is 3.96. The normalized spacial score (nSPS) is 19.9. The zero-order chi connectivity index (χ0) is 16.1. The number of hydrogen-bond donors (Lipinski definition) is 1. The van der Waals surface area contributed by atoms with Crippen LogP contribution >= 0.6 is 0 Å². The molecular weight excluding hydrogens is 296 g/mol. The Morgan fingerprint density at radius 3 is 2.92 bits per heavy atom. The Labute approximate surface area is 141 Å². The summed E-state index contributed by atoms with van der Waals surface area (Å²) in [6, 6.07) is 12.9. The van der Waals surface area contributed by atoms with Crippen LogP contribution in [-0.2, 0) is 0 Å². The quantitative estimate of drug-likeness (QED) is 0.786. The van der Waals surface area contributed by atoms with Gasteiger partial charge in [-0.15, -0.1) is 0 Å². The molecule has 0 spiro atoms. The lowest BCUT2D eigenvalue weighted by molar-refractivity contribution is 0.442. The lowest BCUT2D eigenvalue weighted by Crippen LogP contribution is -2.24. The maximum atomic E-state index is 4.71. The van der Waals surface area contributed by atoms with E-state index in [0.29, 0.717) is 5.92 Å². The van der Waals surface area contributed by atoms with E-state index in [4.69, 9.17) is 4.98 Å². The standard InChI is InChI=1S/C20H20N4/c1-23-10-16-12-24(13-17(16)11-23)18-3-5-20(22-9-18)14-2-4-19-15(8-14)6-7-21-19/h2-10,17,21H,11-13H2,1H3. The number of aromatic amines is 1. The van der Waals surface area contributed by atoms with Gasteiger partial charge in [-0.3, -0.25) is 4.98 Å². The van der Waals surface area contributed by atoms with Crippen molar-refractivity contribution in [2.45, 2.75) is 0 Å². The molecule has 1 atom stereocenters. The maximum Gasteiger partial charge on any atom is 0.0703 e. The van der Waals surface area contributed by atoms with E-state index < -0.39 is 0 Å². The van der Waals surface area contributed by atoms with Gasteiger partial charge in [-0.25, -0.2) is 0 Å². The third kappa shape index (κ3) is 2.18. The van der Waals surface area contributed by atoms with Crippen LogP contribution in [0.5, 0.6) is 0 Å². The van der Waals surface area contributed by atoms with Crippen molar-refractivity contribution in [3.63, 3.8) is 0 Å². The van der Waals surface area contributed by atoms with Crippen molar-refractivity contribution in [1.29, 1.82) is 0 Å². The van der Waals surface area contributed by atoms with Gasteiger partial charge in [0.25, 0.3) is 0 Å². The minimum absolute atomic E-state index is 0.686. The molecule has 1 fully saturated rings. The predicted octanol–water partition coefficient (Wildman–Crippen LogP) is 3.50. The fraction of sp³-hybridized carbons (Fsp3) is 0.250. The van der Waals surface area contributed by atoms with Crippen molar-refractivity contribution in [3.05, 3.63) is 60.6 Å². The number of hydrogen-bond acceptors (Lipinski definition) is 3. The summed E-state index contributed by atoms with van der Waals surface area (Å²) in [6.07, 6.45) is 6.29. The summed E-state index contributed by atoms with van der Waals surface area (Å²) in [7, 11) is 2.16. The summed E-state index contributed by atoms with van der Waals surface area (Å²) < 4.78 is 0. The molecule has 1 aromatic carbocycles. The molecule has 0 saturated carbocycles. The Balaban J connectivity index is 1.40. The summed E-state index contributed by atoms with van der Waals surface area (Å²) in [4.78, 5) is 12.7. The molecule has 1 unspecified atom stereocenters. The first kappa shape index (κ1) is 13.7. The van der Waals surface area contributed by atoms with Crippen LogP contribution in [0.25, 0.3) is 22.2 Å². The van der Waals surface area contributed by atoms with Gasteiger partial charge in [0.15, 0.2) is 0 Å². The molecule has 4 heterocycles. The first-order chi connectivity index (χ1) is 11.8. The molecule has 5 rings (SSSR count). The van der Waals surface area contributed by atoms with Gasteiger partial charge < -0.3 is 14.8 Å². The first-order valence-corrected chi connectivity index (χ1v) is 8.45. The lowest BCUT2D eigenvalue weighted by Gasteiger charge is -2.20. The van der Waals surface area contributed by atoms with Crippen LogP contribution in [0.1, 0.15) is 0 Å². The van der Waals surface area contributed by atoms with Crippen molar-refractivity contribution in [1.82, 2.24) is 14.9 Å². The summed E-state index contributed by atoms with van der Waals surface area (Å²) in [6.45, 7) is 3.28. The highest BCUT2D eigenvalue weighted by Gasteiger charge is 2.32. The van der Waals surface area contributed by atoms with Gasteiger partial charge in [0.05, 0.1) is 17.6 Å². The van der Waals surface area contributed by atoms with Crippen LogP contribution in [0.4, 0.5) is 5.69 Å². The molecule has 0 bridgehead atoms. The SMILES string of the molecule is CN1C=C2CN(c3ccc(-c4ccc5[nH]ccc5c4)nc3)CC2C1. The molecule has 0 aliphatic carbocycles. The molecule has 3 aromatic rings. The van der Waals surface area contributed by atoms with E-state index in [1.54, 1.807) is 5.57 Å². The average Bonchev–Trinajstić information content (AvgIpc) is 3.28. The van der Waals surface area contributed by atoms with Crippen molar-refractivity contribution in [2.75, 3.05) is 31.6 Å². The number of H-pyrrole nitrogens is 1. The molecule has 4 nitrogen and oxygen atoms in total. The number of benzene rings is 1. The molecule has 120 valence electrons. The monoisotopic (exact) mass is 316 g/mol. The fourth-order valence-electron chi connectivity index (χ4n) is 3.96. The molecule has 2 aliphatic heterocycles. The van der Waals surface area contributed by atoms with Gasteiger partial charge in [0.1, 0.15) is 0 Å². The van der Waals surface area contributed by atoms with Gasteiger partial charge >= 0.3 is 0 Å². The molecule has 2 aromatic heterocycles. The van der Waals surface area contributed by atoms with E-state index in [1.807, 2.05) is 12.4 Å². The van der Waals surface area contributed by atoms with E-state index >= 15 is 0 Å². The number of anilines is 1. The summed E-state index contributed by atoms with van der Waals surface area (Å²) in [5.74, 6) is 0.686. The van der Waals surface area contributed by atoms with Crippen LogP contribution in [-0.4, -0.2) is 41.5 Å². The average molecular weight is 316 g/mol. The van der Waals surface area contributed by atoms with E-state index in [9.17, 15) is 0 Å². The van der Waals surface area contributed by atoms with Gasteiger partial charge in [-0.1, -0.05) is 6.07 Å². The number of aromatic nitrogens is 2. The van der Waals surface area contributed by atoms with Gasteiger partial charge in [0, 0.05) is 61.5 Å². The molecule has 24 heavy (non-hydrogen) atoms. The van der Waals surface area contributed by atoms with Gasteiger partial charge in [-0.2, -0.15) is 0 Å². The molecule has 1 N–H and O–H groups in total. The lowest BCUT2D eigenvalue weighted by atomic mass is 10.1. The highest BCUT2D eigenvalue weighted by molar-refractivity contribution is 5.84. The van der Waals surface area contributed by atoms with Gasteiger partial charge in [-0.05, 0) is 35.9 Å². The Hall–Kier alpha value is -2.75. The Kier molecular flexibility index (Phi) is 2.92. The number of rotatable bonds is 2. The van der Waals surface area contributed by atoms with Gasteiger partial charge in [0.2, 0.25) is 0 Å². The second kappa shape index (κ2) is 5.13. The van der Waals surface area contributed by atoms with Crippen LogP contribution in [0, 0.1) is 5.92 Å². The first-order valence-electron chi connectivity index (χ1n) is 8.45. The third-order valence-electron chi connectivity index (χ3n) is 5.20. The van der Waals surface area contributed by atoms with Crippen LogP contribution in [0.3, 0.4) is 0 Å². The summed E-state index contributed by atoms with van der Waals surface area (Å²) in [5, 5.41) is 1.22. The number of fused-ring (bicyclic) bond motifs is 2. The van der Waals surface area contributed by atoms with E-state index in [2.05, 4.69) is 64.4 Å². The van der Waals surface area contributed by atoms with Crippen molar-refractivity contribution in [2.24, 2.45) is 5.92 Å². The number of pyridine rings is 1. The molecule has 0 amide bonds. The second-order valence-electron chi connectivity index (χ2n) is 6.90. The highest BCUT2D eigenvalue weighted by Crippen LogP contribution is 2.32. The minimum Gasteiger partial charge on any atom is -0.380 e. The van der Waals surface area contributed by atoms with Crippen molar-refractivity contribution >= 4 is 16.6 Å². The van der Waals surface area contributed by atoms with Crippen molar-refractivity contribution < 1.29 is 0 Å². The second-order valence-corrected chi connectivity index (χ2v) is 6.90. The summed E-state index contributed by atoms with van der Waals surface area (Å²) >= 11 is 0. The van der Waals surface area contributed by atoms with Crippen molar-refractivity contribution in [3.8, 4) is 11.3 Å². The molecule has 1 saturated heterocycles. The largest absolute Gasteiger partial charge is 0.380 e. The van der Waals surface area contributed by atoms with E-state index in [-0.39, 0.29) is 0 Å². The third-order valence-corrected chi connectivity index (χ3v) is 5.20. The Morgan fingerprint density at radius 2 is 2.08 bits per heavy atom. The van der Waals surface area contributed by atoms with E-state index in [0.717, 1.165) is 36.4 Å². The zero-order valence-electron chi connectivity index (χ0n) is 13.7. The topological polar surface area (TPSA) is 35.2 Å². The Morgan fingerprint density at radius 1 is 1.12 bits per heavy atom. The number of nitrogens with one attached hydrogen (secondary N) is 1. The number of nitrogens with zero attached hydrogens (tertiary/aromatic N) is 3.